The highest BCUT2D eigenvalue weighted by molar-refractivity contribution is 5.75. The van der Waals surface area contributed by atoms with Crippen LogP contribution in [-0.4, -0.2) is 33.0 Å². The molecule has 2 atom stereocenters. The van der Waals surface area contributed by atoms with Gasteiger partial charge in [-0.05, 0) is 32.3 Å². The van der Waals surface area contributed by atoms with Gasteiger partial charge in [0.1, 0.15) is 5.82 Å². The highest BCUT2D eigenvalue weighted by Crippen LogP contribution is 2.32. The van der Waals surface area contributed by atoms with E-state index in [1.807, 2.05) is 36.1 Å². The first-order chi connectivity index (χ1) is 12.5. The maximum atomic E-state index is 12.9. The molecule has 2 aromatic rings. The van der Waals surface area contributed by atoms with Crippen LogP contribution in [0, 0.1) is 13.8 Å². The Morgan fingerprint density at radius 2 is 1.88 bits per heavy atom. The third-order valence-corrected chi connectivity index (χ3v) is 5.51. The number of nitrogens with one attached hydrogen (secondary N) is 2. The highest BCUT2D eigenvalue weighted by Gasteiger charge is 2.40. The Morgan fingerprint density at radius 1 is 1.19 bits per heavy atom. The minimum absolute atomic E-state index is 0.0426. The molecule has 2 bridgehead atoms. The fraction of sp³-hybridized carbons (Fsp3) is 0.450. The molecule has 3 heterocycles. The summed E-state index contributed by atoms with van der Waals surface area (Å²) < 4.78 is 0. The lowest BCUT2D eigenvalue weighted by molar-refractivity contribution is 0.173. The maximum Gasteiger partial charge on any atom is 0.318 e. The molecule has 0 saturated carbocycles. The van der Waals surface area contributed by atoms with Crippen molar-refractivity contribution >= 4 is 6.03 Å². The lowest BCUT2D eigenvalue weighted by atomic mass is 9.98. The molecule has 0 spiro atoms. The van der Waals surface area contributed by atoms with E-state index < -0.39 is 0 Å². The van der Waals surface area contributed by atoms with Crippen molar-refractivity contribution < 1.29 is 4.79 Å². The fourth-order valence-corrected chi connectivity index (χ4v) is 4.18. The number of benzene rings is 1. The Hall–Kier alpha value is -2.63. The molecule has 2 amide bonds. The second-order valence-electron chi connectivity index (χ2n) is 7.42. The maximum absolute atomic E-state index is 12.9. The monoisotopic (exact) mass is 352 g/mol. The number of hydrogen-bond acceptors (Lipinski definition) is 3. The lowest BCUT2D eigenvalue weighted by Gasteiger charge is -2.28. The van der Waals surface area contributed by atoms with E-state index in [1.54, 1.807) is 6.92 Å². The smallest absolute Gasteiger partial charge is 0.318 e. The fourth-order valence-electron chi connectivity index (χ4n) is 4.18. The molecular weight excluding hydrogens is 328 g/mol. The number of aromatic amines is 1. The molecule has 2 N–H and O–H groups in total. The third kappa shape index (κ3) is 3.11. The van der Waals surface area contributed by atoms with Gasteiger partial charge in [-0.1, -0.05) is 29.8 Å². The van der Waals surface area contributed by atoms with Crippen LogP contribution in [0.4, 0.5) is 4.79 Å². The number of rotatable bonds is 2. The van der Waals surface area contributed by atoms with Crippen molar-refractivity contribution in [3.8, 4) is 0 Å². The minimum atomic E-state index is -0.0555. The van der Waals surface area contributed by atoms with Gasteiger partial charge in [-0.15, -0.1) is 0 Å². The second-order valence-corrected chi connectivity index (χ2v) is 7.42. The number of fused-ring (bicyclic) bond motifs is 3. The van der Waals surface area contributed by atoms with E-state index in [9.17, 15) is 9.59 Å². The minimum Gasteiger partial charge on any atom is -0.334 e. The van der Waals surface area contributed by atoms with E-state index >= 15 is 0 Å². The van der Waals surface area contributed by atoms with Crippen LogP contribution >= 0.6 is 0 Å². The van der Waals surface area contributed by atoms with Crippen molar-refractivity contribution in [2.75, 3.05) is 0 Å². The third-order valence-electron chi connectivity index (χ3n) is 5.51. The summed E-state index contributed by atoms with van der Waals surface area (Å²) in [6.45, 7) is 4.36. The Balaban J connectivity index is 1.51. The number of carbonyl (C=O) groups excluding carboxylic acids is 1. The van der Waals surface area contributed by atoms with Gasteiger partial charge in [-0.25, -0.2) is 9.78 Å². The normalized spacial score (nSPS) is 21.2. The summed E-state index contributed by atoms with van der Waals surface area (Å²) in [5.74, 6) is 0.641. The average Bonchev–Trinajstić information content (AvgIpc) is 2.90. The molecule has 6 heteroatoms. The number of hydrogen-bond donors (Lipinski definition) is 2. The summed E-state index contributed by atoms with van der Waals surface area (Å²) in [6, 6.07) is 8.32. The van der Waals surface area contributed by atoms with Gasteiger partial charge in [-0.2, -0.15) is 0 Å². The van der Waals surface area contributed by atoms with Crippen molar-refractivity contribution in [2.45, 2.75) is 58.2 Å². The Bertz CT molecular complexity index is 888. The van der Waals surface area contributed by atoms with Crippen molar-refractivity contribution in [1.29, 1.82) is 0 Å². The molecule has 2 aliphatic heterocycles. The standard InChI is InChI=1S/C20H24N4O2/c1-12-3-5-14(6-4-12)11-21-20(26)24-15-7-8-16(24)10-18-17(9-15)19(25)23-13(2)22-18/h3-6,15-16H,7-11H2,1-2H3,(H,21,26)(H,22,23,25)/t15-,16+/m1/s1. The predicted octanol–water partition coefficient (Wildman–Crippen LogP) is 2.23. The van der Waals surface area contributed by atoms with Crippen LogP contribution in [0.15, 0.2) is 29.1 Å². The summed E-state index contributed by atoms with van der Waals surface area (Å²) in [7, 11) is 0. The van der Waals surface area contributed by atoms with Gasteiger partial charge in [0.15, 0.2) is 0 Å². The molecule has 1 aromatic carbocycles. The van der Waals surface area contributed by atoms with Gasteiger partial charge in [0.2, 0.25) is 0 Å². The van der Waals surface area contributed by atoms with E-state index in [-0.39, 0.29) is 23.7 Å². The Labute approximate surface area is 152 Å². The molecular formula is C20H24N4O2. The predicted molar refractivity (Wildman–Crippen MR) is 99.1 cm³/mol. The molecule has 4 rings (SSSR count). The molecule has 6 nitrogen and oxygen atoms in total. The van der Waals surface area contributed by atoms with Gasteiger partial charge in [-0.3, -0.25) is 4.79 Å². The number of aryl methyl sites for hydroxylation is 2. The SMILES string of the molecule is Cc1ccc(CNC(=O)N2[C@@H]3CC[C@H]2Cc2nc(C)[nH]c(=O)c2C3)cc1. The number of amides is 2. The number of nitrogens with zero attached hydrogens (tertiary/aromatic N) is 2. The molecule has 0 unspecified atom stereocenters. The zero-order valence-corrected chi connectivity index (χ0v) is 15.2. The van der Waals surface area contributed by atoms with Crippen LogP contribution in [0.25, 0.3) is 0 Å². The first-order valence-corrected chi connectivity index (χ1v) is 9.21. The van der Waals surface area contributed by atoms with Crippen molar-refractivity contribution in [1.82, 2.24) is 20.2 Å². The molecule has 0 aliphatic carbocycles. The quantitative estimate of drug-likeness (QED) is 0.870. The van der Waals surface area contributed by atoms with Gasteiger partial charge < -0.3 is 15.2 Å². The van der Waals surface area contributed by atoms with E-state index in [2.05, 4.69) is 15.3 Å². The molecule has 0 radical (unpaired) electrons. The zero-order valence-electron chi connectivity index (χ0n) is 15.2. The van der Waals surface area contributed by atoms with Crippen LogP contribution in [0.5, 0.6) is 0 Å². The number of aromatic nitrogens is 2. The lowest BCUT2D eigenvalue weighted by Crippen LogP contribution is -2.47. The van der Waals surface area contributed by atoms with Crippen LogP contribution in [0.2, 0.25) is 0 Å². The summed E-state index contributed by atoms with van der Waals surface area (Å²) in [5.41, 5.74) is 3.84. The van der Waals surface area contributed by atoms with Crippen molar-refractivity contribution in [3.63, 3.8) is 0 Å². The van der Waals surface area contributed by atoms with Crippen LogP contribution in [0.1, 0.15) is 41.1 Å². The molecule has 26 heavy (non-hydrogen) atoms. The molecule has 1 aromatic heterocycles. The highest BCUT2D eigenvalue weighted by atomic mass is 16.2. The largest absolute Gasteiger partial charge is 0.334 e. The Morgan fingerprint density at radius 3 is 2.62 bits per heavy atom. The summed E-state index contributed by atoms with van der Waals surface area (Å²) in [6.07, 6.45) is 3.16. The first kappa shape index (κ1) is 16.8. The first-order valence-electron chi connectivity index (χ1n) is 9.21. The zero-order chi connectivity index (χ0) is 18.3. The van der Waals surface area contributed by atoms with E-state index in [0.29, 0.717) is 25.2 Å². The summed E-state index contributed by atoms with van der Waals surface area (Å²) in [4.78, 5) is 34.5. The molecule has 2 aliphatic rings. The van der Waals surface area contributed by atoms with Crippen molar-refractivity contribution in [3.05, 3.63) is 62.8 Å². The van der Waals surface area contributed by atoms with Gasteiger partial charge in [0, 0.05) is 37.0 Å². The van der Waals surface area contributed by atoms with Crippen LogP contribution < -0.4 is 10.9 Å². The van der Waals surface area contributed by atoms with Crippen molar-refractivity contribution in [2.24, 2.45) is 0 Å². The number of H-pyrrole nitrogens is 1. The summed E-state index contributed by atoms with van der Waals surface area (Å²) >= 11 is 0. The molecule has 1 saturated heterocycles. The van der Waals surface area contributed by atoms with E-state index in [0.717, 1.165) is 29.7 Å². The van der Waals surface area contributed by atoms with E-state index in [4.69, 9.17) is 0 Å². The van der Waals surface area contributed by atoms with E-state index in [1.165, 1.54) is 5.56 Å². The van der Waals surface area contributed by atoms with Gasteiger partial charge >= 0.3 is 6.03 Å². The van der Waals surface area contributed by atoms with Gasteiger partial charge in [0.05, 0.1) is 5.69 Å². The topological polar surface area (TPSA) is 78.1 Å². The van der Waals surface area contributed by atoms with Crippen LogP contribution in [0.3, 0.4) is 0 Å². The number of carbonyl (C=O) groups is 1. The Kier molecular flexibility index (Phi) is 4.26. The van der Waals surface area contributed by atoms with Crippen LogP contribution in [-0.2, 0) is 19.4 Å². The number of urea groups is 1. The summed E-state index contributed by atoms with van der Waals surface area (Å²) in [5, 5.41) is 3.05. The van der Waals surface area contributed by atoms with Gasteiger partial charge in [0.25, 0.3) is 5.56 Å². The molecule has 1 fully saturated rings. The molecule has 136 valence electrons. The second kappa shape index (κ2) is 6.59. The average molecular weight is 352 g/mol.